The highest BCUT2D eigenvalue weighted by atomic mass is 35.5. The molecular weight excluding hydrogens is 500 g/mol. The van der Waals surface area contributed by atoms with Gasteiger partial charge in [-0.05, 0) is 68.9 Å². The number of aromatic nitrogens is 1. The Kier molecular flexibility index (Phi) is 8.20. The van der Waals surface area contributed by atoms with E-state index in [0.29, 0.717) is 42.3 Å². The van der Waals surface area contributed by atoms with Crippen molar-refractivity contribution in [1.29, 1.82) is 0 Å². The van der Waals surface area contributed by atoms with Crippen LogP contribution < -0.4 is 10.2 Å². The van der Waals surface area contributed by atoms with Crippen molar-refractivity contribution < 1.29 is 18.0 Å². The maximum absolute atomic E-state index is 13.2. The number of likely N-dealkylation sites (tertiary alicyclic amines) is 1. The van der Waals surface area contributed by atoms with Gasteiger partial charge in [-0.15, -0.1) is 0 Å². The summed E-state index contributed by atoms with van der Waals surface area (Å²) >= 11 is 6.09. The van der Waals surface area contributed by atoms with Gasteiger partial charge in [-0.2, -0.15) is 0 Å². The summed E-state index contributed by atoms with van der Waals surface area (Å²) in [6.45, 7) is 4.01. The Labute approximate surface area is 217 Å². The molecule has 1 aromatic carbocycles. The lowest BCUT2D eigenvalue weighted by atomic mass is 9.87. The third-order valence-corrected chi connectivity index (χ3v) is 8.53. The number of nitrogens with one attached hydrogen (secondary N) is 1. The van der Waals surface area contributed by atoms with Crippen LogP contribution in [0.15, 0.2) is 47.5 Å². The molecule has 0 bridgehead atoms. The van der Waals surface area contributed by atoms with Crippen LogP contribution in [0.3, 0.4) is 0 Å². The monoisotopic (exact) mass is 532 g/mol. The van der Waals surface area contributed by atoms with Crippen LogP contribution in [-0.2, 0) is 14.6 Å². The Morgan fingerprint density at radius 3 is 2.61 bits per heavy atom. The Balaban J connectivity index is 1.52. The van der Waals surface area contributed by atoms with Gasteiger partial charge in [0.05, 0.1) is 10.9 Å². The minimum absolute atomic E-state index is 0.0266. The number of pyridine rings is 1. The van der Waals surface area contributed by atoms with Crippen molar-refractivity contribution in [3.8, 4) is 0 Å². The third kappa shape index (κ3) is 6.37. The van der Waals surface area contributed by atoms with Crippen molar-refractivity contribution in [1.82, 2.24) is 15.2 Å². The maximum atomic E-state index is 13.2. The molecule has 2 aliphatic heterocycles. The summed E-state index contributed by atoms with van der Waals surface area (Å²) in [6.07, 6.45) is 6.77. The van der Waals surface area contributed by atoms with Gasteiger partial charge in [0, 0.05) is 55.1 Å². The van der Waals surface area contributed by atoms with Crippen molar-refractivity contribution in [2.75, 3.05) is 30.8 Å². The van der Waals surface area contributed by atoms with Crippen LogP contribution in [-0.4, -0.2) is 68.1 Å². The second kappa shape index (κ2) is 11.2. The molecule has 0 radical (unpaired) electrons. The van der Waals surface area contributed by atoms with E-state index in [-0.39, 0.29) is 34.7 Å². The Bertz CT molecular complexity index is 1200. The number of carbonyl (C=O) groups is 2. The molecule has 1 N–H and O–H groups in total. The molecule has 4 rings (SSSR count). The summed E-state index contributed by atoms with van der Waals surface area (Å²) < 4.78 is 23.6. The molecule has 2 aromatic rings. The molecule has 2 aliphatic rings. The van der Waals surface area contributed by atoms with E-state index in [9.17, 15) is 18.0 Å². The lowest BCUT2D eigenvalue weighted by Gasteiger charge is -2.41. The average molecular weight is 533 g/mol. The highest BCUT2D eigenvalue weighted by Gasteiger charge is 2.35. The number of amides is 2. The standard InChI is InChI=1S/C26H33ClN4O4S/c1-18-6-3-4-12-31(18)25(32)15-19-11-13-30(24-10-9-22(16-28-24)36(2,34)35)17-23(19)29-26(33)20-7-5-8-21(27)14-20/h5,7-10,14,16,18-19,23H,3-4,6,11-13,15,17H2,1-2H3,(H,29,33)/t18-,19?,23?/m0/s1. The first-order valence-electron chi connectivity index (χ1n) is 12.4. The van der Waals surface area contributed by atoms with Crippen molar-refractivity contribution in [2.24, 2.45) is 5.92 Å². The number of sulfone groups is 1. The van der Waals surface area contributed by atoms with Crippen LogP contribution >= 0.6 is 11.6 Å². The summed E-state index contributed by atoms with van der Waals surface area (Å²) in [5, 5.41) is 3.61. The number of piperidine rings is 2. The maximum Gasteiger partial charge on any atom is 0.251 e. The van der Waals surface area contributed by atoms with Crippen molar-refractivity contribution in [3.63, 3.8) is 0 Å². The SMILES string of the molecule is C[C@H]1CCCCN1C(=O)CC1CCN(c2ccc(S(C)(=O)=O)cn2)CC1NC(=O)c1cccc(Cl)c1. The highest BCUT2D eigenvalue weighted by Crippen LogP contribution is 2.28. The van der Waals surface area contributed by atoms with Gasteiger partial charge in [0.1, 0.15) is 5.82 Å². The number of hydrogen-bond acceptors (Lipinski definition) is 6. The number of halogens is 1. The Hall–Kier alpha value is -2.65. The Morgan fingerprint density at radius 2 is 1.94 bits per heavy atom. The summed E-state index contributed by atoms with van der Waals surface area (Å²) in [7, 11) is -3.34. The molecule has 3 heterocycles. The molecule has 2 unspecified atom stereocenters. The molecule has 2 fully saturated rings. The second-order valence-corrected chi connectivity index (χ2v) is 12.3. The topological polar surface area (TPSA) is 99.7 Å². The van der Waals surface area contributed by atoms with Crippen molar-refractivity contribution in [2.45, 2.75) is 56.0 Å². The van der Waals surface area contributed by atoms with Gasteiger partial charge in [0.2, 0.25) is 5.91 Å². The molecule has 8 nitrogen and oxygen atoms in total. The summed E-state index contributed by atoms with van der Waals surface area (Å²) in [6, 6.07) is 9.97. The zero-order valence-corrected chi connectivity index (χ0v) is 22.3. The van der Waals surface area contributed by atoms with Gasteiger partial charge >= 0.3 is 0 Å². The molecule has 2 saturated heterocycles. The lowest BCUT2D eigenvalue weighted by molar-refractivity contribution is -0.135. The predicted molar refractivity (Wildman–Crippen MR) is 140 cm³/mol. The zero-order chi connectivity index (χ0) is 25.9. The van der Waals surface area contributed by atoms with Crippen LogP contribution in [0.1, 0.15) is 49.4 Å². The molecule has 0 aliphatic carbocycles. The zero-order valence-electron chi connectivity index (χ0n) is 20.7. The molecule has 2 amide bonds. The second-order valence-electron chi connectivity index (χ2n) is 9.85. The Morgan fingerprint density at radius 1 is 1.14 bits per heavy atom. The van der Waals surface area contributed by atoms with Gasteiger partial charge in [-0.3, -0.25) is 9.59 Å². The molecule has 0 saturated carbocycles. The minimum atomic E-state index is -3.34. The normalized spacial score (nSPS) is 22.8. The fourth-order valence-corrected chi connectivity index (χ4v) is 5.84. The average Bonchev–Trinajstić information content (AvgIpc) is 2.85. The molecule has 194 valence electrons. The van der Waals surface area contributed by atoms with E-state index in [0.717, 1.165) is 32.1 Å². The minimum Gasteiger partial charge on any atom is -0.355 e. The van der Waals surface area contributed by atoms with E-state index in [1.807, 2.05) is 9.80 Å². The van der Waals surface area contributed by atoms with E-state index in [4.69, 9.17) is 11.6 Å². The van der Waals surface area contributed by atoms with Gasteiger partial charge in [0.25, 0.3) is 5.91 Å². The van der Waals surface area contributed by atoms with E-state index >= 15 is 0 Å². The number of benzene rings is 1. The van der Waals surface area contributed by atoms with Crippen LogP contribution in [0.2, 0.25) is 5.02 Å². The van der Waals surface area contributed by atoms with Gasteiger partial charge in [-0.25, -0.2) is 13.4 Å². The largest absolute Gasteiger partial charge is 0.355 e. The molecular formula is C26H33ClN4O4S. The first kappa shape index (κ1) is 26.4. The summed E-state index contributed by atoms with van der Waals surface area (Å²) in [4.78, 5) is 34.8. The number of carbonyl (C=O) groups excluding carboxylic acids is 2. The smallest absolute Gasteiger partial charge is 0.251 e. The number of rotatable bonds is 6. The van der Waals surface area contributed by atoms with Crippen LogP contribution in [0.4, 0.5) is 5.82 Å². The number of nitrogens with zero attached hydrogens (tertiary/aromatic N) is 3. The van der Waals surface area contributed by atoms with E-state index in [1.165, 1.54) is 6.20 Å². The third-order valence-electron chi connectivity index (χ3n) is 7.19. The molecule has 36 heavy (non-hydrogen) atoms. The van der Waals surface area contributed by atoms with Gasteiger partial charge in [-0.1, -0.05) is 17.7 Å². The van der Waals surface area contributed by atoms with Crippen molar-refractivity contribution in [3.05, 3.63) is 53.2 Å². The predicted octanol–water partition coefficient (Wildman–Crippen LogP) is 3.55. The fourth-order valence-electron chi connectivity index (χ4n) is 5.09. The first-order chi connectivity index (χ1) is 17.1. The van der Waals surface area contributed by atoms with E-state index in [2.05, 4.69) is 17.2 Å². The highest BCUT2D eigenvalue weighted by molar-refractivity contribution is 7.90. The van der Waals surface area contributed by atoms with E-state index < -0.39 is 9.84 Å². The number of anilines is 1. The fraction of sp³-hybridized carbons (Fsp3) is 0.500. The van der Waals surface area contributed by atoms with Crippen LogP contribution in [0.25, 0.3) is 0 Å². The molecule has 10 heteroatoms. The summed E-state index contributed by atoms with van der Waals surface area (Å²) in [5.41, 5.74) is 0.463. The van der Waals surface area contributed by atoms with Crippen LogP contribution in [0, 0.1) is 5.92 Å². The van der Waals surface area contributed by atoms with Gasteiger partial charge in [0.15, 0.2) is 9.84 Å². The molecule has 1 aromatic heterocycles. The molecule has 3 atom stereocenters. The molecule has 0 spiro atoms. The quantitative estimate of drug-likeness (QED) is 0.610. The first-order valence-corrected chi connectivity index (χ1v) is 14.7. The van der Waals surface area contributed by atoms with Crippen LogP contribution in [0.5, 0.6) is 0 Å². The van der Waals surface area contributed by atoms with Crippen molar-refractivity contribution >= 4 is 39.1 Å². The summed E-state index contributed by atoms with van der Waals surface area (Å²) in [5.74, 6) is 0.506. The van der Waals surface area contributed by atoms with Gasteiger partial charge < -0.3 is 15.1 Å². The van der Waals surface area contributed by atoms with E-state index in [1.54, 1.807) is 36.4 Å². The number of hydrogen-bond donors (Lipinski definition) is 1. The lowest BCUT2D eigenvalue weighted by Crippen LogP contribution is -2.54.